The summed E-state index contributed by atoms with van der Waals surface area (Å²) in [6, 6.07) is 4.57. The molecule has 0 bridgehead atoms. The maximum absolute atomic E-state index is 11.5. The zero-order valence-corrected chi connectivity index (χ0v) is 10.5. The highest BCUT2D eigenvalue weighted by atomic mass is 16.2. The first-order valence-corrected chi connectivity index (χ1v) is 5.75. The molecule has 98 valence electrons. The number of anilines is 1. The molecule has 6 nitrogen and oxygen atoms in total. The molecule has 1 atom stereocenters. The van der Waals surface area contributed by atoms with Crippen LogP contribution in [0, 0.1) is 5.92 Å². The van der Waals surface area contributed by atoms with Gasteiger partial charge < -0.3 is 16.4 Å². The van der Waals surface area contributed by atoms with Gasteiger partial charge in [-0.1, -0.05) is 19.9 Å². The van der Waals surface area contributed by atoms with Crippen LogP contribution in [-0.4, -0.2) is 29.4 Å². The van der Waals surface area contributed by atoms with Gasteiger partial charge in [-0.25, -0.2) is 4.98 Å². The van der Waals surface area contributed by atoms with Crippen molar-refractivity contribution in [2.75, 3.05) is 11.9 Å². The summed E-state index contributed by atoms with van der Waals surface area (Å²) in [6.07, 6.45) is 1.57. The van der Waals surface area contributed by atoms with Gasteiger partial charge in [0, 0.05) is 6.20 Å². The molecule has 0 saturated heterocycles. The van der Waals surface area contributed by atoms with Crippen molar-refractivity contribution in [3.05, 3.63) is 24.4 Å². The number of pyridine rings is 1. The Morgan fingerprint density at radius 2 is 2.11 bits per heavy atom. The fourth-order valence-electron chi connectivity index (χ4n) is 1.21. The minimum absolute atomic E-state index is 0.0313. The Morgan fingerprint density at radius 3 is 2.67 bits per heavy atom. The molecule has 0 radical (unpaired) electrons. The molecule has 0 aliphatic carbocycles. The number of rotatable bonds is 5. The molecule has 1 aromatic rings. The number of nitrogens with zero attached hydrogens (tertiary/aromatic N) is 1. The minimum Gasteiger partial charge on any atom is -0.346 e. The second-order valence-corrected chi connectivity index (χ2v) is 4.25. The summed E-state index contributed by atoms with van der Waals surface area (Å²) >= 11 is 0. The van der Waals surface area contributed by atoms with Crippen molar-refractivity contribution in [1.82, 2.24) is 10.3 Å². The van der Waals surface area contributed by atoms with Crippen molar-refractivity contribution in [1.29, 1.82) is 0 Å². The lowest BCUT2D eigenvalue weighted by Gasteiger charge is -2.14. The van der Waals surface area contributed by atoms with Gasteiger partial charge in [-0.2, -0.15) is 0 Å². The Labute approximate surface area is 106 Å². The van der Waals surface area contributed by atoms with Crippen LogP contribution in [0.15, 0.2) is 24.4 Å². The molecule has 0 saturated carbocycles. The molecule has 0 aliphatic heterocycles. The van der Waals surface area contributed by atoms with E-state index in [4.69, 9.17) is 5.73 Å². The van der Waals surface area contributed by atoms with E-state index in [9.17, 15) is 9.59 Å². The third-order valence-corrected chi connectivity index (χ3v) is 2.38. The predicted octanol–water partition coefficient (Wildman–Crippen LogP) is 0.120. The number of aromatic nitrogens is 1. The average Bonchev–Trinajstić information content (AvgIpc) is 2.36. The molecule has 0 spiro atoms. The van der Waals surface area contributed by atoms with E-state index in [-0.39, 0.29) is 24.3 Å². The standard InChI is InChI=1S/C12H18N4O2/c1-8(2)11(13)12(18)15-7-10(17)16-9-5-3-4-6-14-9/h3-6,8,11H,7,13H2,1-2H3,(H,15,18)(H,14,16,17)/t11-/m0/s1. The SMILES string of the molecule is CC(C)[C@H](N)C(=O)NCC(=O)Nc1ccccn1. The lowest BCUT2D eigenvalue weighted by atomic mass is 10.1. The van der Waals surface area contributed by atoms with E-state index in [0.717, 1.165) is 0 Å². The Kier molecular flexibility index (Phi) is 5.26. The molecular formula is C12H18N4O2. The van der Waals surface area contributed by atoms with Gasteiger partial charge in [0.1, 0.15) is 5.82 Å². The summed E-state index contributed by atoms with van der Waals surface area (Å²) in [5.74, 6) is -0.187. The molecule has 18 heavy (non-hydrogen) atoms. The molecular weight excluding hydrogens is 232 g/mol. The van der Waals surface area contributed by atoms with Gasteiger partial charge in [0.25, 0.3) is 0 Å². The van der Waals surface area contributed by atoms with Crippen molar-refractivity contribution in [3.8, 4) is 0 Å². The van der Waals surface area contributed by atoms with Crippen LogP contribution in [0.3, 0.4) is 0 Å². The highest BCUT2D eigenvalue weighted by molar-refractivity contribution is 5.94. The van der Waals surface area contributed by atoms with E-state index in [1.54, 1.807) is 24.4 Å². The van der Waals surface area contributed by atoms with Gasteiger partial charge >= 0.3 is 0 Å². The normalized spacial score (nSPS) is 12.0. The van der Waals surface area contributed by atoms with Crippen molar-refractivity contribution in [2.45, 2.75) is 19.9 Å². The predicted molar refractivity (Wildman–Crippen MR) is 68.7 cm³/mol. The molecule has 0 aliphatic rings. The van der Waals surface area contributed by atoms with Crippen LogP contribution in [0.1, 0.15) is 13.8 Å². The largest absolute Gasteiger partial charge is 0.346 e. The summed E-state index contributed by atoms with van der Waals surface area (Å²) in [4.78, 5) is 27.0. The highest BCUT2D eigenvalue weighted by Crippen LogP contribution is 1.99. The Morgan fingerprint density at radius 1 is 1.39 bits per heavy atom. The number of amides is 2. The third-order valence-electron chi connectivity index (χ3n) is 2.38. The molecule has 0 aromatic carbocycles. The van der Waals surface area contributed by atoms with E-state index in [2.05, 4.69) is 15.6 Å². The van der Waals surface area contributed by atoms with E-state index < -0.39 is 6.04 Å². The van der Waals surface area contributed by atoms with Gasteiger partial charge in [-0.15, -0.1) is 0 Å². The Hall–Kier alpha value is -1.95. The maximum Gasteiger partial charge on any atom is 0.244 e. The lowest BCUT2D eigenvalue weighted by Crippen LogP contribution is -2.46. The summed E-state index contributed by atoms with van der Waals surface area (Å²) in [5, 5.41) is 5.04. The average molecular weight is 250 g/mol. The van der Waals surface area contributed by atoms with Crippen LogP contribution >= 0.6 is 0 Å². The highest BCUT2D eigenvalue weighted by Gasteiger charge is 2.17. The molecule has 1 heterocycles. The second kappa shape index (κ2) is 6.70. The first kappa shape index (κ1) is 14.1. The van der Waals surface area contributed by atoms with Crippen LogP contribution in [0.4, 0.5) is 5.82 Å². The van der Waals surface area contributed by atoms with E-state index in [0.29, 0.717) is 5.82 Å². The molecule has 1 rings (SSSR count). The van der Waals surface area contributed by atoms with Crippen LogP contribution in [0.25, 0.3) is 0 Å². The summed E-state index contributed by atoms with van der Waals surface area (Å²) < 4.78 is 0. The fourth-order valence-corrected chi connectivity index (χ4v) is 1.21. The zero-order valence-electron chi connectivity index (χ0n) is 10.5. The number of hydrogen-bond acceptors (Lipinski definition) is 4. The number of carbonyl (C=O) groups is 2. The van der Waals surface area contributed by atoms with Crippen LogP contribution in [0.2, 0.25) is 0 Å². The van der Waals surface area contributed by atoms with E-state index in [1.807, 2.05) is 13.8 Å². The second-order valence-electron chi connectivity index (χ2n) is 4.25. The van der Waals surface area contributed by atoms with Gasteiger partial charge in [0.2, 0.25) is 11.8 Å². The molecule has 2 amide bonds. The number of nitrogens with one attached hydrogen (secondary N) is 2. The third kappa shape index (κ3) is 4.50. The zero-order chi connectivity index (χ0) is 13.5. The number of hydrogen-bond donors (Lipinski definition) is 3. The molecule has 4 N–H and O–H groups in total. The molecule has 0 unspecified atom stereocenters. The van der Waals surface area contributed by atoms with Gasteiger partial charge in [-0.3, -0.25) is 9.59 Å². The topological polar surface area (TPSA) is 97.1 Å². The van der Waals surface area contributed by atoms with Crippen molar-refractivity contribution < 1.29 is 9.59 Å². The number of carbonyl (C=O) groups excluding carboxylic acids is 2. The number of nitrogens with two attached hydrogens (primary N) is 1. The quantitative estimate of drug-likeness (QED) is 0.691. The summed E-state index contributed by atoms with van der Waals surface area (Å²) in [6.45, 7) is 3.58. The monoisotopic (exact) mass is 250 g/mol. The smallest absolute Gasteiger partial charge is 0.244 e. The first-order chi connectivity index (χ1) is 8.50. The van der Waals surface area contributed by atoms with Crippen LogP contribution < -0.4 is 16.4 Å². The molecule has 0 fully saturated rings. The summed E-state index contributed by atoms with van der Waals surface area (Å²) in [5.41, 5.74) is 5.64. The van der Waals surface area contributed by atoms with Gasteiger partial charge in [0.05, 0.1) is 12.6 Å². The molecule has 6 heteroatoms. The van der Waals surface area contributed by atoms with E-state index in [1.165, 1.54) is 0 Å². The maximum atomic E-state index is 11.5. The van der Waals surface area contributed by atoms with E-state index >= 15 is 0 Å². The Bertz CT molecular complexity index is 406. The fraction of sp³-hybridized carbons (Fsp3) is 0.417. The van der Waals surface area contributed by atoms with Crippen molar-refractivity contribution in [2.24, 2.45) is 11.7 Å². The first-order valence-electron chi connectivity index (χ1n) is 5.75. The van der Waals surface area contributed by atoms with Crippen molar-refractivity contribution in [3.63, 3.8) is 0 Å². The van der Waals surface area contributed by atoms with Crippen LogP contribution in [-0.2, 0) is 9.59 Å². The lowest BCUT2D eigenvalue weighted by molar-refractivity contribution is -0.125. The summed E-state index contributed by atoms with van der Waals surface area (Å²) in [7, 11) is 0. The van der Waals surface area contributed by atoms with Crippen molar-refractivity contribution >= 4 is 17.6 Å². The van der Waals surface area contributed by atoms with Crippen LogP contribution in [0.5, 0.6) is 0 Å². The Balaban J connectivity index is 2.36. The van der Waals surface area contributed by atoms with Gasteiger partial charge in [0.15, 0.2) is 0 Å². The molecule has 1 aromatic heterocycles. The minimum atomic E-state index is -0.604. The van der Waals surface area contributed by atoms with Gasteiger partial charge in [-0.05, 0) is 18.1 Å².